The van der Waals surface area contributed by atoms with Crippen LogP contribution in [0, 0.1) is 14.7 Å². The van der Waals surface area contributed by atoms with E-state index in [4.69, 9.17) is 4.42 Å². The highest BCUT2D eigenvalue weighted by atomic mass is 16.4. The molecule has 0 fully saturated rings. The molecule has 1 aromatic heterocycles. The lowest BCUT2D eigenvalue weighted by Crippen LogP contribution is -2.47. The summed E-state index contributed by atoms with van der Waals surface area (Å²) in [6.07, 6.45) is 9.15. The van der Waals surface area contributed by atoms with Gasteiger partial charge in [-0.15, -0.1) is 0 Å². The molecule has 0 aromatic carbocycles. The Morgan fingerprint density at radius 2 is 0.970 bits per heavy atom. The monoisotopic (exact) mass is 468 g/mol. The van der Waals surface area contributed by atoms with Gasteiger partial charge in [-0.3, -0.25) is 0 Å². The van der Waals surface area contributed by atoms with Crippen LogP contribution in [0.3, 0.4) is 0 Å². The van der Waals surface area contributed by atoms with Crippen LogP contribution in [-0.4, -0.2) is 35.3 Å². The van der Waals surface area contributed by atoms with Crippen molar-refractivity contribution < 1.29 is 4.42 Å². The topological polar surface area (TPSA) is 158 Å². The largest absolute Gasteiger partial charge is 0.425 e. The molecule has 0 unspecified atom stereocenters. The minimum absolute atomic E-state index is 0.0300. The first-order chi connectivity index (χ1) is 16.2. The third-order valence-corrected chi connectivity index (χ3v) is 5.26. The molecule has 12 nitrogen and oxygen atoms in total. The van der Waals surface area contributed by atoms with Crippen LogP contribution in [0.5, 0.6) is 0 Å². The summed E-state index contributed by atoms with van der Waals surface area (Å²) in [6.45, 7) is 1.89. The Bertz CT molecular complexity index is 875. The maximum Gasteiger partial charge on any atom is 0.425 e. The van der Waals surface area contributed by atoms with Gasteiger partial charge in [0.05, 0.1) is 19.6 Å². The molecule has 186 valence electrons. The Balaban J connectivity index is 2.84. The van der Waals surface area contributed by atoms with Gasteiger partial charge in [0.1, 0.15) is 0 Å². The summed E-state index contributed by atoms with van der Waals surface area (Å²) in [5.41, 5.74) is -0.409. The minimum atomic E-state index is -0.723. The molecule has 0 N–H and O–H groups in total. The Kier molecular flexibility index (Phi) is 16.0. The molecule has 12 heteroatoms. The summed E-state index contributed by atoms with van der Waals surface area (Å²) in [7, 11) is 0. The minimum Gasteiger partial charge on any atom is -0.375 e. The highest BCUT2D eigenvalue weighted by Crippen LogP contribution is 2.03. The van der Waals surface area contributed by atoms with Gasteiger partial charge in [-0.25, -0.2) is 23.7 Å². The van der Waals surface area contributed by atoms with Crippen LogP contribution in [0.1, 0.15) is 77.0 Å². The number of unbranched alkanes of at least 4 members (excludes halogenated alkanes) is 9. The van der Waals surface area contributed by atoms with Gasteiger partial charge >= 0.3 is 17.1 Å². The fourth-order valence-electron chi connectivity index (χ4n) is 3.41. The second-order valence-corrected chi connectivity index (χ2v) is 7.92. The van der Waals surface area contributed by atoms with Crippen molar-refractivity contribution in [3.8, 4) is 0 Å². The summed E-state index contributed by atoms with van der Waals surface area (Å²) in [5.74, 6) is -0.723. The van der Waals surface area contributed by atoms with E-state index in [2.05, 4.69) is 20.5 Å². The number of rotatable bonds is 21. The number of hydrogen-bond donors (Lipinski definition) is 0. The van der Waals surface area contributed by atoms with Gasteiger partial charge in [0, 0.05) is 19.6 Å². The van der Waals surface area contributed by atoms with Crippen molar-refractivity contribution in [3.05, 3.63) is 41.4 Å². The second kappa shape index (κ2) is 18.8. The highest BCUT2D eigenvalue weighted by Gasteiger charge is 2.11. The fraction of sp³-hybridized carbons (Fsp3) is 0.857. The van der Waals surface area contributed by atoms with E-state index in [9.17, 15) is 24.3 Å². The van der Waals surface area contributed by atoms with Gasteiger partial charge in [0.25, 0.3) is 0 Å². The number of nitroso groups, excluding NO2 is 3. The van der Waals surface area contributed by atoms with Crippen molar-refractivity contribution in [2.75, 3.05) is 26.2 Å². The van der Waals surface area contributed by atoms with Crippen LogP contribution in [0.15, 0.2) is 34.5 Å². The van der Waals surface area contributed by atoms with Crippen LogP contribution < -0.4 is 17.1 Å². The smallest absolute Gasteiger partial charge is 0.375 e. The van der Waals surface area contributed by atoms with Crippen LogP contribution in [0.2, 0.25) is 0 Å². The SMILES string of the molecule is O=NCCCCCCN=c1oc(=O)n(CCCCCCN=O)c(=O)n1CCCCCCN=O. The third kappa shape index (κ3) is 12.1. The van der Waals surface area contributed by atoms with E-state index in [1.807, 2.05) is 0 Å². The van der Waals surface area contributed by atoms with Crippen LogP contribution >= 0.6 is 0 Å². The van der Waals surface area contributed by atoms with E-state index in [-0.39, 0.29) is 25.3 Å². The Labute approximate surface area is 192 Å². The highest BCUT2D eigenvalue weighted by molar-refractivity contribution is 4.71. The van der Waals surface area contributed by atoms with E-state index in [1.165, 1.54) is 4.57 Å². The quantitative estimate of drug-likeness (QED) is 0.198. The predicted octanol–water partition coefficient (Wildman–Crippen LogP) is 3.48. The first-order valence-electron chi connectivity index (χ1n) is 11.9. The molecular weight excluding hydrogens is 432 g/mol. The van der Waals surface area contributed by atoms with Gasteiger partial charge in [-0.2, -0.15) is 14.7 Å². The molecule has 0 atom stereocenters. The molecule has 0 saturated carbocycles. The van der Waals surface area contributed by atoms with Gasteiger partial charge in [-0.05, 0) is 38.5 Å². The van der Waals surface area contributed by atoms with E-state index >= 15 is 0 Å². The van der Waals surface area contributed by atoms with Crippen molar-refractivity contribution in [2.24, 2.45) is 20.5 Å². The second-order valence-electron chi connectivity index (χ2n) is 7.92. The normalized spacial score (nSPS) is 11.6. The molecular formula is C21H36N6O6. The standard InChI is InChI=1S/C21H36N6O6/c28-20-26(17-11-5-3-9-15-24-31)19(22-13-7-1-2-8-14-23-30)33-21(29)27(20)18-12-6-4-10-16-25-32/h1-18H2. The Morgan fingerprint density at radius 1 is 0.545 bits per heavy atom. The molecule has 0 amide bonds. The fourth-order valence-corrected chi connectivity index (χ4v) is 3.41. The first kappa shape index (κ1) is 28.2. The molecule has 0 spiro atoms. The molecule has 33 heavy (non-hydrogen) atoms. The van der Waals surface area contributed by atoms with Gasteiger partial charge in [0.15, 0.2) is 0 Å². The lowest BCUT2D eigenvalue weighted by Gasteiger charge is -2.10. The molecule has 0 bridgehead atoms. The maximum atomic E-state index is 13.0. The average Bonchev–Trinajstić information content (AvgIpc) is 2.81. The Hall–Kier alpha value is -2.79. The number of hydrogen-bond acceptors (Lipinski definition) is 10. The predicted molar refractivity (Wildman–Crippen MR) is 125 cm³/mol. The zero-order valence-electron chi connectivity index (χ0n) is 19.4. The molecule has 0 aliphatic rings. The maximum absolute atomic E-state index is 13.0. The molecule has 0 aliphatic heterocycles. The molecule has 1 aromatic rings. The molecule has 1 rings (SSSR count). The van der Waals surface area contributed by atoms with Crippen LogP contribution in [-0.2, 0) is 13.1 Å². The zero-order chi connectivity index (χ0) is 24.2. The van der Waals surface area contributed by atoms with Crippen LogP contribution in [0.4, 0.5) is 0 Å². The van der Waals surface area contributed by atoms with Gasteiger partial charge < -0.3 is 4.42 Å². The van der Waals surface area contributed by atoms with Crippen molar-refractivity contribution in [3.63, 3.8) is 0 Å². The summed E-state index contributed by atoms with van der Waals surface area (Å²) >= 11 is 0. The molecule has 0 radical (unpaired) electrons. The van der Waals surface area contributed by atoms with Crippen molar-refractivity contribution in [1.82, 2.24) is 9.13 Å². The molecule has 0 saturated heterocycles. The summed E-state index contributed by atoms with van der Waals surface area (Å²) in [4.78, 5) is 60.2. The molecule has 1 heterocycles. The lowest BCUT2D eigenvalue weighted by molar-refractivity contribution is 0.300. The van der Waals surface area contributed by atoms with E-state index in [1.54, 1.807) is 0 Å². The van der Waals surface area contributed by atoms with Crippen LogP contribution in [0.25, 0.3) is 0 Å². The van der Waals surface area contributed by atoms with Gasteiger partial charge in [-0.1, -0.05) is 54.1 Å². The number of nitrogens with zero attached hydrogens (tertiary/aromatic N) is 6. The average molecular weight is 469 g/mol. The zero-order valence-corrected chi connectivity index (χ0v) is 19.4. The third-order valence-electron chi connectivity index (χ3n) is 5.26. The van der Waals surface area contributed by atoms with E-state index < -0.39 is 11.4 Å². The summed E-state index contributed by atoms with van der Waals surface area (Å²) in [5, 5.41) is 8.50. The van der Waals surface area contributed by atoms with E-state index in [0.29, 0.717) is 45.3 Å². The number of aromatic nitrogens is 2. The summed E-state index contributed by atoms with van der Waals surface area (Å²) < 4.78 is 7.90. The summed E-state index contributed by atoms with van der Waals surface area (Å²) in [6, 6.07) is 0. The molecule has 0 aliphatic carbocycles. The van der Waals surface area contributed by atoms with Crippen molar-refractivity contribution in [2.45, 2.75) is 90.1 Å². The van der Waals surface area contributed by atoms with Gasteiger partial charge in [0.2, 0.25) is 0 Å². The lowest BCUT2D eigenvalue weighted by atomic mass is 10.2. The first-order valence-corrected chi connectivity index (χ1v) is 11.9. The van der Waals surface area contributed by atoms with E-state index in [0.717, 1.165) is 55.9 Å². The van der Waals surface area contributed by atoms with Crippen molar-refractivity contribution in [1.29, 1.82) is 0 Å². The Morgan fingerprint density at radius 3 is 1.45 bits per heavy atom. The van der Waals surface area contributed by atoms with Crippen molar-refractivity contribution >= 4 is 0 Å².